The summed E-state index contributed by atoms with van der Waals surface area (Å²) in [5, 5.41) is 11.6. The molecule has 24 heavy (non-hydrogen) atoms. The van der Waals surface area contributed by atoms with Crippen LogP contribution in [0.4, 0.5) is 4.79 Å². The van der Waals surface area contributed by atoms with E-state index in [0.29, 0.717) is 19.5 Å². The topological polar surface area (TPSA) is 52.6 Å². The number of carbonyl (C=O) groups excluding carboxylic acids is 1. The van der Waals surface area contributed by atoms with E-state index < -0.39 is 0 Å². The Morgan fingerprint density at radius 3 is 2.46 bits per heavy atom. The number of carbonyl (C=O) groups is 1. The molecule has 0 aliphatic heterocycles. The molecule has 0 aromatic heterocycles. The molecule has 0 bridgehead atoms. The lowest BCUT2D eigenvalue weighted by molar-refractivity contribution is 0.206. The molecule has 2 N–H and O–H groups in total. The molecule has 2 aromatic carbocycles. The van der Waals surface area contributed by atoms with Crippen molar-refractivity contribution in [2.75, 3.05) is 13.7 Å². The van der Waals surface area contributed by atoms with Gasteiger partial charge in [-0.2, -0.15) is 0 Å². The average molecular weight is 322 g/mol. The third-order valence-electron chi connectivity index (χ3n) is 3.48. The zero-order chi connectivity index (χ0) is 17.2. The van der Waals surface area contributed by atoms with Crippen molar-refractivity contribution < 1.29 is 9.90 Å². The summed E-state index contributed by atoms with van der Waals surface area (Å²) in [6.45, 7) is 1.13. The van der Waals surface area contributed by atoms with Crippen molar-refractivity contribution in [3.05, 3.63) is 71.3 Å². The van der Waals surface area contributed by atoms with E-state index >= 15 is 0 Å². The molecule has 0 aliphatic carbocycles. The maximum atomic E-state index is 12.1. The Morgan fingerprint density at radius 1 is 1.08 bits per heavy atom. The number of rotatable bonds is 5. The third kappa shape index (κ3) is 5.79. The molecule has 4 heteroatoms. The second kappa shape index (κ2) is 9.39. The van der Waals surface area contributed by atoms with Gasteiger partial charge in [-0.25, -0.2) is 4.79 Å². The number of aliphatic hydroxyl groups is 1. The number of hydrogen-bond acceptors (Lipinski definition) is 2. The van der Waals surface area contributed by atoms with Gasteiger partial charge in [-0.15, -0.1) is 0 Å². The summed E-state index contributed by atoms with van der Waals surface area (Å²) >= 11 is 0. The summed E-state index contributed by atoms with van der Waals surface area (Å²) in [6.07, 6.45) is 0.478. The molecule has 0 aliphatic rings. The van der Waals surface area contributed by atoms with Gasteiger partial charge < -0.3 is 15.3 Å². The first-order chi connectivity index (χ1) is 11.7. The van der Waals surface area contributed by atoms with Gasteiger partial charge in [-0.1, -0.05) is 54.3 Å². The number of benzene rings is 2. The van der Waals surface area contributed by atoms with Crippen LogP contribution in [-0.2, 0) is 13.1 Å². The normalized spacial score (nSPS) is 9.75. The molecular weight excluding hydrogens is 300 g/mol. The second-order valence-electron chi connectivity index (χ2n) is 5.47. The number of urea groups is 1. The lowest BCUT2D eigenvalue weighted by Gasteiger charge is -2.18. The molecule has 0 atom stereocenters. The van der Waals surface area contributed by atoms with Crippen molar-refractivity contribution in [2.45, 2.75) is 19.5 Å². The molecule has 0 heterocycles. The third-order valence-corrected chi connectivity index (χ3v) is 3.48. The number of nitrogens with one attached hydrogen (secondary N) is 1. The molecule has 0 spiro atoms. The number of amides is 2. The van der Waals surface area contributed by atoms with E-state index in [1.807, 2.05) is 54.6 Å². The van der Waals surface area contributed by atoms with Gasteiger partial charge in [0.25, 0.3) is 0 Å². The lowest BCUT2D eigenvalue weighted by Crippen LogP contribution is -2.36. The van der Waals surface area contributed by atoms with Crippen molar-refractivity contribution in [1.82, 2.24) is 10.2 Å². The maximum absolute atomic E-state index is 12.1. The fraction of sp³-hybridized carbons (Fsp3) is 0.250. The van der Waals surface area contributed by atoms with E-state index in [9.17, 15) is 4.79 Å². The smallest absolute Gasteiger partial charge is 0.317 e. The molecule has 2 aromatic rings. The van der Waals surface area contributed by atoms with Crippen molar-refractivity contribution in [2.24, 2.45) is 0 Å². The standard InChI is InChI=1S/C20H22N2O2/c1-22(20(24)21-15-18-8-3-2-4-9-18)16-19-12-10-17(11-13-19)7-5-6-14-23/h2-4,8-13,23H,6,14-16H2,1H3,(H,21,24). The van der Waals surface area contributed by atoms with Crippen LogP contribution in [0, 0.1) is 11.8 Å². The Balaban J connectivity index is 1.84. The van der Waals surface area contributed by atoms with Gasteiger partial charge in [0.2, 0.25) is 0 Å². The largest absolute Gasteiger partial charge is 0.395 e. The first kappa shape index (κ1) is 17.6. The van der Waals surface area contributed by atoms with Crippen LogP contribution in [-0.4, -0.2) is 29.7 Å². The highest BCUT2D eigenvalue weighted by atomic mass is 16.2. The summed E-state index contributed by atoms with van der Waals surface area (Å²) < 4.78 is 0. The van der Waals surface area contributed by atoms with Gasteiger partial charge in [0.15, 0.2) is 0 Å². The maximum Gasteiger partial charge on any atom is 0.317 e. The van der Waals surface area contributed by atoms with Crippen molar-refractivity contribution >= 4 is 6.03 Å². The number of nitrogens with zero attached hydrogens (tertiary/aromatic N) is 1. The van der Waals surface area contributed by atoms with Gasteiger partial charge in [0.05, 0.1) is 6.61 Å². The van der Waals surface area contributed by atoms with Crippen LogP contribution in [0.2, 0.25) is 0 Å². The zero-order valence-electron chi connectivity index (χ0n) is 13.8. The first-order valence-electron chi connectivity index (χ1n) is 7.90. The highest BCUT2D eigenvalue weighted by Crippen LogP contribution is 2.07. The van der Waals surface area contributed by atoms with Crippen LogP contribution in [0.1, 0.15) is 23.1 Å². The van der Waals surface area contributed by atoms with E-state index in [1.165, 1.54) is 0 Å². The van der Waals surface area contributed by atoms with Crippen LogP contribution in [0.25, 0.3) is 0 Å². The first-order valence-corrected chi connectivity index (χ1v) is 7.90. The molecule has 0 saturated heterocycles. The van der Waals surface area contributed by atoms with Crippen LogP contribution < -0.4 is 5.32 Å². The molecule has 2 amide bonds. The molecular formula is C20H22N2O2. The van der Waals surface area contributed by atoms with E-state index in [4.69, 9.17) is 5.11 Å². The summed E-state index contributed by atoms with van der Waals surface area (Å²) in [5.41, 5.74) is 3.02. The van der Waals surface area contributed by atoms with E-state index in [1.54, 1.807) is 11.9 Å². The lowest BCUT2D eigenvalue weighted by atomic mass is 10.1. The highest BCUT2D eigenvalue weighted by molar-refractivity contribution is 5.73. The second-order valence-corrected chi connectivity index (χ2v) is 5.47. The van der Waals surface area contributed by atoms with Gasteiger partial charge in [-0.05, 0) is 23.3 Å². The van der Waals surface area contributed by atoms with E-state index in [-0.39, 0.29) is 12.6 Å². The fourth-order valence-corrected chi connectivity index (χ4v) is 2.17. The van der Waals surface area contributed by atoms with Gasteiger partial charge >= 0.3 is 6.03 Å². The minimum atomic E-state index is -0.106. The molecule has 0 saturated carbocycles. The van der Waals surface area contributed by atoms with E-state index in [2.05, 4.69) is 17.2 Å². The van der Waals surface area contributed by atoms with Gasteiger partial charge in [0, 0.05) is 32.1 Å². The Labute approximate surface area is 143 Å². The minimum Gasteiger partial charge on any atom is -0.395 e. The Morgan fingerprint density at radius 2 is 1.79 bits per heavy atom. The Bertz CT molecular complexity index is 700. The SMILES string of the molecule is CN(Cc1ccc(C#CCCO)cc1)C(=O)NCc1ccccc1. The predicted molar refractivity (Wildman–Crippen MR) is 95.2 cm³/mol. The molecule has 4 nitrogen and oxygen atoms in total. The van der Waals surface area contributed by atoms with Gasteiger partial charge in [0.1, 0.15) is 0 Å². The predicted octanol–water partition coefficient (Wildman–Crippen LogP) is 2.76. The molecule has 0 unspecified atom stereocenters. The Kier molecular flexibility index (Phi) is 6.88. The summed E-state index contributed by atoms with van der Waals surface area (Å²) in [7, 11) is 1.77. The fourth-order valence-electron chi connectivity index (χ4n) is 2.17. The van der Waals surface area contributed by atoms with Crippen LogP contribution in [0.3, 0.4) is 0 Å². The molecule has 0 fully saturated rings. The van der Waals surface area contributed by atoms with Crippen molar-refractivity contribution in [1.29, 1.82) is 0 Å². The van der Waals surface area contributed by atoms with Crippen LogP contribution >= 0.6 is 0 Å². The van der Waals surface area contributed by atoms with Crippen molar-refractivity contribution in [3.63, 3.8) is 0 Å². The average Bonchev–Trinajstić information content (AvgIpc) is 2.62. The highest BCUT2D eigenvalue weighted by Gasteiger charge is 2.08. The quantitative estimate of drug-likeness (QED) is 0.832. The van der Waals surface area contributed by atoms with Crippen molar-refractivity contribution in [3.8, 4) is 11.8 Å². The summed E-state index contributed by atoms with van der Waals surface area (Å²) in [6, 6.07) is 17.5. The zero-order valence-corrected chi connectivity index (χ0v) is 13.8. The Hall–Kier alpha value is -2.77. The van der Waals surface area contributed by atoms with E-state index in [0.717, 1.165) is 16.7 Å². The van der Waals surface area contributed by atoms with Crippen LogP contribution in [0.5, 0.6) is 0 Å². The molecule has 2 rings (SSSR count). The molecule has 0 radical (unpaired) electrons. The van der Waals surface area contributed by atoms with Crippen LogP contribution in [0.15, 0.2) is 54.6 Å². The molecule has 124 valence electrons. The summed E-state index contributed by atoms with van der Waals surface area (Å²) in [4.78, 5) is 13.8. The minimum absolute atomic E-state index is 0.0774. The van der Waals surface area contributed by atoms with Gasteiger partial charge in [-0.3, -0.25) is 0 Å². The number of hydrogen-bond donors (Lipinski definition) is 2. The summed E-state index contributed by atoms with van der Waals surface area (Å²) in [5.74, 6) is 5.87. The monoisotopic (exact) mass is 322 g/mol. The number of aliphatic hydroxyl groups excluding tert-OH is 1.